The second-order valence-electron chi connectivity index (χ2n) is 6.41. The highest BCUT2D eigenvalue weighted by Crippen LogP contribution is 2.23. The van der Waals surface area contributed by atoms with Crippen molar-refractivity contribution in [3.05, 3.63) is 88.8 Å². The van der Waals surface area contributed by atoms with Crippen molar-refractivity contribution >= 4 is 23.3 Å². The Hall–Kier alpha value is -2.92. The molecule has 0 aliphatic heterocycles. The molecule has 1 atom stereocenters. The fourth-order valence-corrected chi connectivity index (χ4v) is 2.89. The van der Waals surface area contributed by atoms with Crippen LogP contribution >= 0.6 is 11.6 Å². The third-order valence-corrected chi connectivity index (χ3v) is 4.64. The first-order valence-corrected chi connectivity index (χ1v) is 9.21. The minimum Gasteiger partial charge on any atom is -0.481 e. The number of halogens is 2. The first-order chi connectivity index (χ1) is 13.4. The van der Waals surface area contributed by atoms with Gasteiger partial charge in [0, 0.05) is 11.2 Å². The number of benzene rings is 2. The summed E-state index contributed by atoms with van der Waals surface area (Å²) in [7, 11) is 0. The Morgan fingerprint density at radius 1 is 1.18 bits per heavy atom. The lowest BCUT2D eigenvalue weighted by atomic mass is 10.2. The number of nitrogens with zero attached hydrogens (tertiary/aromatic N) is 2. The number of hydrogen-bond donors (Lipinski definition) is 0. The number of rotatable bonds is 6. The Morgan fingerprint density at radius 2 is 2.00 bits per heavy atom. The number of carbonyl (C=O) groups excluding carboxylic acids is 1. The third-order valence-electron chi connectivity index (χ3n) is 4.21. The number of hydrogen-bond acceptors (Lipinski definition) is 3. The molecule has 3 rings (SSSR count). The zero-order chi connectivity index (χ0) is 20.1. The van der Waals surface area contributed by atoms with E-state index < -0.39 is 6.10 Å². The van der Waals surface area contributed by atoms with E-state index in [2.05, 4.69) is 4.98 Å². The number of aromatic nitrogens is 1. The Bertz CT molecular complexity index is 966. The van der Waals surface area contributed by atoms with E-state index in [1.807, 2.05) is 6.92 Å². The van der Waals surface area contributed by atoms with Crippen LogP contribution in [0, 0.1) is 12.7 Å². The van der Waals surface area contributed by atoms with E-state index in [0.717, 1.165) is 5.56 Å². The summed E-state index contributed by atoms with van der Waals surface area (Å²) >= 11 is 6.04. The highest BCUT2D eigenvalue weighted by molar-refractivity contribution is 6.31. The van der Waals surface area contributed by atoms with Crippen molar-refractivity contribution in [1.29, 1.82) is 0 Å². The molecule has 1 aromatic heterocycles. The average Bonchev–Trinajstić information content (AvgIpc) is 2.69. The van der Waals surface area contributed by atoms with Crippen LogP contribution in [0.2, 0.25) is 5.02 Å². The molecule has 3 aromatic rings. The summed E-state index contributed by atoms with van der Waals surface area (Å²) in [6.45, 7) is 3.72. The van der Waals surface area contributed by atoms with Crippen molar-refractivity contribution in [3.63, 3.8) is 0 Å². The SMILES string of the molecule is Cc1cc(O[C@@H](C)C(=O)N(Cc2cccc(F)c2)c2ccccn2)ccc1Cl. The minimum absolute atomic E-state index is 0.182. The molecule has 0 saturated heterocycles. The van der Waals surface area contributed by atoms with Gasteiger partial charge < -0.3 is 4.74 Å². The van der Waals surface area contributed by atoms with Gasteiger partial charge in [0.05, 0.1) is 6.54 Å². The van der Waals surface area contributed by atoms with E-state index in [1.54, 1.807) is 61.7 Å². The van der Waals surface area contributed by atoms with Gasteiger partial charge >= 0.3 is 0 Å². The van der Waals surface area contributed by atoms with Crippen LogP contribution in [0.25, 0.3) is 0 Å². The Balaban J connectivity index is 1.84. The third kappa shape index (κ3) is 4.87. The van der Waals surface area contributed by atoms with Crippen LogP contribution in [-0.2, 0) is 11.3 Å². The van der Waals surface area contributed by atoms with Gasteiger partial charge in [-0.1, -0.05) is 29.8 Å². The van der Waals surface area contributed by atoms with E-state index in [9.17, 15) is 9.18 Å². The predicted molar refractivity (Wildman–Crippen MR) is 108 cm³/mol. The molecule has 144 valence electrons. The van der Waals surface area contributed by atoms with Crippen LogP contribution in [0.4, 0.5) is 10.2 Å². The van der Waals surface area contributed by atoms with Crippen molar-refractivity contribution in [2.75, 3.05) is 4.90 Å². The van der Waals surface area contributed by atoms with Gasteiger partial charge in [0.2, 0.25) is 0 Å². The van der Waals surface area contributed by atoms with Crippen LogP contribution in [-0.4, -0.2) is 17.0 Å². The summed E-state index contributed by atoms with van der Waals surface area (Å²) in [5.74, 6) is 0.386. The zero-order valence-electron chi connectivity index (χ0n) is 15.6. The highest BCUT2D eigenvalue weighted by Gasteiger charge is 2.25. The van der Waals surface area contributed by atoms with Crippen LogP contribution in [0.3, 0.4) is 0 Å². The van der Waals surface area contributed by atoms with Gasteiger partial charge in [-0.2, -0.15) is 0 Å². The first-order valence-electron chi connectivity index (χ1n) is 8.83. The summed E-state index contributed by atoms with van der Waals surface area (Å²) < 4.78 is 19.4. The summed E-state index contributed by atoms with van der Waals surface area (Å²) in [5.41, 5.74) is 1.52. The molecule has 1 amide bonds. The quantitative estimate of drug-likeness (QED) is 0.574. The topological polar surface area (TPSA) is 42.4 Å². The second-order valence-corrected chi connectivity index (χ2v) is 6.82. The molecule has 6 heteroatoms. The monoisotopic (exact) mass is 398 g/mol. The molecule has 2 aromatic carbocycles. The van der Waals surface area contributed by atoms with Gasteiger partial charge in [0.1, 0.15) is 17.4 Å². The van der Waals surface area contributed by atoms with Crippen LogP contribution in [0.5, 0.6) is 5.75 Å². The molecule has 0 aliphatic carbocycles. The van der Waals surface area contributed by atoms with Crippen LogP contribution < -0.4 is 9.64 Å². The van der Waals surface area contributed by atoms with Crippen molar-refractivity contribution in [2.45, 2.75) is 26.5 Å². The molecule has 4 nitrogen and oxygen atoms in total. The standard InChI is InChI=1S/C22H20ClFN2O2/c1-15-12-19(9-10-20(15)23)28-16(2)22(27)26(21-8-3-4-11-25-21)14-17-6-5-7-18(24)13-17/h3-13,16H,14H2,1-2H3/t16-/m0/s1. The smallest absolute Gasteiger partial charge is 0.269 e. The molecule has 28 heavy (non-hydrogen) atoms. The largest absolute Gasteiger partial charge is 0.481 e. The fourth-order valence-electron chi connectivity index (χ4n) is 2.77. The number of amides is 1. The maximum atomic E-state index is 13.6. The number of carbonyl (C=O) groups is 1. The summed E-state index contributed by atoms with van der Waals surface area (Å²) in [4.78, 5) is 18.9. The van der Waals surface area contributed by atoms with Crippen molar-refractivity contribution < 1.29 is 13.9 Å². The molecular weight excluding hydrogens is 379 g/mol. The Morgan fingerprint density at radius 3 is 2.68 bits per heavy atom. The molecular formula is C22H20ClFN2O2. The van der Waals surface area contributed by atoms with Crippen LogP contribution in [0.15, 0.2) is 66.9 Å². The molecule has 0 radical (unpaired) electrons. The van der Waals surface area contributed by atoms with E-state index in [1.165, 1.54) is 17.0 Å². The highest BCUT2D eigenvalue weighted by atomic mass is 35.5. The maximum absolute atomic E-state index is 13.6. The summed E-state index contributed by atoms with van der Waals surface area (Å²) in [6.07, 6.45) is 0.839. The van der Waals surface area contributed by atoms with Gasteiger partial charge in [-0.15, -0.1) is 0 Å². The number of anilines is 1. The summed E-state index contributed by atoms with van der Waals surface area (Å²) in [6, 6.07) is 16.7. The molecule has 0 spiro atoms. The molecule has 0 saturated carbocycles. The number of ether oxygens (including phenoxy) is 1. The molecule has 1 heterocycles. The van der Waals surface area contributed by atoms with E-state index in [4.69, 9.17) is 16.3 Å². The second kappa shape index (κ2) is 8.85. The molecule has 0 N–H and O–H groups in total. The average molecular weight is 399 g/mol. The van der Waals surface area contributed by atoms with Gasteiger partial charge in [-0.25, -0.2) is 9.37 Å². The zero-order valence-corrected chi connectivity index (χ0v) is 16.4. The van der Waals surface area contributed by atoms with Gasteiger partial charge in [0.25, 0.3) is 5.91 Å². The van der Waals surface area contributed by atoms with E-state index in [0.29, 0.717) is 22.2 Å². The summed E-state index contributed by atoms with van der Waals surface area (Å²) in [5, 5.41) is 0.632. The lowest BCUT2D eigenvalue weighted by molar-refractivity contribution is -0.124. The minimum atomic E-state index is -0.767. The van der Waals surface area contributed by atoms with Gasteiger partial charge in [0.15, 0.2) is 6.10 Å². The Kier molecular flexibility index (Phi) is 6.26. The van der Waals surface area contributed by atoms with Crippen molar-refractivity contribution in [2.24, 2.45) is 0 Å². The van der Waals surface area contributed by atoms with Crippen molar-refractivity contribution in [3.8, 4) is 5.75 Å². The van der Waals surface area contributed by atoms with E-state index >= 15 is 0 Å². The molecule has 0 fully saturated rings. The molecule has 0 bridgehead atoms. The molecule has 0 unspecified atom stereocenters. The lowest BCUT2D eigenvalue weighted by Gasteiger charge is -2.25. The number of aryl methyl sites for hydroxylation is 1. The fraction of sp³-hybridized carbons (Fsp3) is 0.182. The van der Waals surface area contributed by atoms with Gasteiger partial charge in [-0.3, -0.25) is 9.69 Å². The van der Waals surface area contributed by atoms with Gasteiger partial charge in [-0.05, 0) is 67.4 Å². The lowest BCUT2D eigenvalue weighted by Crippen LogP contribution is -2.40. The normalized spacial score (nSPS) is 11.7. The van der Waals surface area contributed by atoms with E-state index in [-0.39, 0.29) is 18.3 Å². The molecule has 0 aliphatic rings. The van der Waals surface area contributed by atoms with Crippen LogP contribution in [0.1, 0.15) is 18.1 Å². The Labute approximate surface area is 168 Å². The predicted octanol–water partition coefficient (Wildman–Crippen LogP) is 5.18. The van der Waals surface area contributed by atoms with Crippen molar-refractivity contribution in [1.82, 2.24) is 4.98 Å². The maximum Gasteiger partial charge on any atom is 0.269 e. The first kappa shape index (κ1) is 19.8. The number of pyridine rings is 1.